The molecular weight excluding hydrogens is 324 g/mol. The molecular formula is C18H30N2O5. The smallest absolute Gasteiger partial charge is 0.407 e. The average molecular weight is 354 g/mol. The van der Waals surface area contributed by atoms with Gasteiger partial charge in [-0.1, -0.05) is 5.92 Å². The zero-order chi connectivity index (χ0) is 19.3. The van der Waals surface area contributed by atoms with Crippen molar-refractivity contribution in [3.8, 4) is 12.3 Å². The lowest BCUT2D eigenvalue weighted by atomic mass is 10.2. The van der Waals surface area contributed by atoms with Gasteiger partial charge in [0.25, 0.3) is 0 Å². The Balaban J connectivity index is 2.64. The highest BCUT2D eigenvalue weighted by Crippen LogP contribution is 2.24. The number of nitrogens with one attached hydrogen (secondary N) is 2. The predicted molar refractivity (Wildman–Crippen MR) is 94.1 cm³/mol. The molecule has 7 nitrogen and oxygen atoms in total. The molecule has 1 fully saturated rings. The summed E-state index contributed by atoms with van der Waals surface area (Å²) in [6.45, 7) is 10.9. The maximum atomic E-state index is 12.0. The fourth-order valence-corrected chi connectivity index (χ4v) is 2.54. The molecule has 1 saturated carbocycles. The van der Waals surface area contributed by atoms with Crippen molar-refractivity contribution in [2.24, 2.45) is 0 Å². The summed E-state index contributed by atoms with van der Waals surface area (Å²) in [6.07, 6.45) is 4.96. The SMILES string of the molecule is C#CCOC1C[C@H](NC(=O)OC(C)(C)C)C[C@@H]1NC(=O)OC(C)(C)C. The van der Waals surface area contributed by atoms with E-state index in [1.54, 1.807) is 41.5 Å². The number of rotatable bonds is 4. The molecule has 2 amide bonds. The summed E-state index contributed by atoms with van der Waals surface area (Å²) >= 11 is 0. The second-order valence-electron chi connectivity index (χ2n) is 8.12. The zero-order valence-electron chi connectivity index (χ0n) is 16.0. The number of carbonyl (C=O) groups excluding carboxylic acids is 2. The maximum absolute atomic E-state index is 12.0. The molecule has 0 aliphatic heterocycles. The lowest BCUT2D eigenvalue weighted by Gasteiger charge is -2.24. The van der Waals surface area contributed by atoms with Gasteiger partial charge in [-0.05, 0) is 54.4 Å². The van der Waals surface area contributed by atoms with Crippen LogP contribution in [0.3, 0.4) is 0 Å². The van der Waals surface area contributed by atoms with Crippen LogP contribution in [0.25, 0.3) is 0 Å². The molecule has 2 N–H and O–H groups in total. The van der Waals surface area contributed by atoms with Gasteiger partial charge in [-0.15, -0.1) is 6.42 Å². The number of hydrogen-bond donors (Lipinski definition) is 2. The molecule has 0 aromatic carbocycles. The van der Waals surface area contributed by atoms with Crippen LogP contribution in [-0.4, -0.2) is 48.2 Å². The number of carbonyl (C=O) groups is 2. The van der Waals surface area contributed by atoms with Crippen molar-refractivity contribution in [2.75, 3.05) is 6.61 Å². The minimum atomic E-state index is -0.591. The van der Waals surface area contributed by atoms with Crippen molar-refractivity contribution in [3.05, 3.63) is 0 Å². The van der Waals surface area contributed by atoms with E-state index in [0.29, 0.717) is 12.8 Å². The lowest BCUT2D eigenvalue weighted by Crippen LogP contribution is -2.44. The van der Waals surface area contributed by atoms with Crippen molar-refractivity contribution >= 4 is 12.2 Å². The van der Waals surface area contributed by atoms with E-state index in [2.05, 4.69) is 16.6 Å². The summed E-state index contributed by atoms with van der Waals surface area (Å²) in [5.74, 6) is 2.42. The van der Waals surface area contributed by atoms with Gasteiger partial charge < -0.3 is 24.8 Å². The number of amides is 2. The molecule has 1 aliphatic carbocycles. The van der Waals surface area contributed by atoms with Gasteiger partial charge in [-0.25, -0.2) is 9.59 Å². The lowest BCUT2D eigenvalue weighted by molar-refractivity contribution is 0.0329. The largest absolute Gasteiger partial charge is 0.444 e. The third-order valence-electron chi connectivity index (χ3n) is 3.31. The van der Waals surface area contributed by atoms with E-state index in [9.17, 15) is 9.59 Å². The van der Waals surface area contributed by atoms with E-state index in [1.807, 2.05) is 0 Å². The standard InChI is InChI=1S/C18H30N2O5/c1-8-9-23-14-11-12(19-15(21)24-17(2,3)4)10-13(14)20-16(22)25-18(5,6)7/h1,12-14H,9-11H2,2-7H3,(H,19,21)(H,20,22)/t12-,13+,14?/m1/s1. The molecule has 3 atom stereocenters. The van der Waals surface area contributed by atoms with Crippen LogP contribution >= 0.6 is 0 Å². The summed E-state index contributed by atoms with van der Waals surface area (Å²) in [4.78, 5) is 23.9. The first-order chi connectivity index (χ1) is 11.4. The predicted octanol–water partition coefficient (Wildman–Crippen LogP) is 2.59. The van der Waals surface area contributed by atoms with Crippen molar-refractivity contribution in [1.29, 1.82) is 0 Å². The van der Waals surface area contributed by atoms with Gasteiger partial charge >= 0.3 is 12.2 Å². The minimum absolute atomic E-state index is 0.135. The highest BCUT2D eigenvalue weighted by Gasteiger charge is 2.38. The van der Waals surface area contributed by atoms with Crippen molar-refractivity contribution < 1.29 is 23.8 Å². The van der Waals surface area contributed by atoms with Crippen LogP contribution in [-0.2, 0) is 14.2 Å². The molecule has 1 unspecified atom stereocenters. The Morgan fingerprint density at radius 2 is 1.52 bits per heavy atom. The monoisotopic (exact) mass is 354 g/mol. The van der Waals surface area contributed by atoms with Gasteiger partial charge in [0.1, 0.15) is 17.8 Å². The van der Waals surface area contributed by atoms with Crippen LogP contribution < -0.4 is 10.6 Å². The molecule has 0 aromatic rings. The van der Waals surface area contributed by atoms with Gasteiger partial charge in [-0.3, -0.25) is 0 Å². The van der Waals surface area contributed by atoms with E-state index in [1.165, 1.54) is 0 Å². The van der Waals surface area contributed by atoms with Crippen molar-refractivity contribution in [2.45, 2.75) is 83.8 Å². The van der Waals surface area contributed by atoms with Crippen LogP contribution in [0.2, 0.25) is 0 Å². The van der Waals surface area contributed by atoms with Gasteiger partial charge in [-0.2, -0.15) is 0 Å². The second kappa shape index (κ2) is 8.43. The Labute approximate surface area is 150 Å². The fourth-order valence-electron chi connectivity index (χ4n) is 2.54. The number of ether oxygens (including phenoxy) is 3. The van der Waals surface area contributed by atoms with Gasteiger partial charge in [0.05, 0.1) is 12.1 Å². The third-order valence-corrected chi connectivity index (χ3v) is 3.31. The highest BCUT2D eigenvalue weighted by atomic mass is 16.6. The second-order valence-corrected chi connectivity index (χ2v) is 8.12. The van der Waals surface area contributed by atoms with Gasteiger partial charge in [0.15, 0.2) is 0 Å². The number of alkyl carbamates (subject to hydrolysis) is 2. The van der Waals surface area contributed by atoms with E-state index in [0.717, 1.165) is 0 Å². The highest BCUT2D eigenvalue weighted by molar-refractivity contribution is 5.69. The quantitative estimate of drug-likeness (QED) is 0.758. The molecule has 142 valence electrons. The van der Waals surface area contributed by atoms with Crippen LogP contribution in [0.1, 0.15) is 54.4 Å². The average Bonchev–Trinajstić information content (AvgIpc) is 2.73. The van der Waals surface area contributed by atoms with Gasteiger partial charge in [0, 0.05) is 6.04 Å². The Kier molecular flexibility index (Phi) is 7.12. The topological polar surface area (TPSA) is 85.9 Å². The summed E-state index contributed by atoms with van der Waals surface area (Å²) in [6, 6.07) is -0.485. The zero-order valence-corrected chi connectivity index (χ0v) is 16.0. The summed E-state index contributed by atoms with van der Waals surface area (Å²) in [7, 11) is 0. The molecule has 25 heavy (non-hydrogen) atoms. The van der Waals surface area contributed by atoms with E-state index in [-0.39, 0.29) is 24.8 Å². The van der Waals surface area contributed by atoms with Crippen LogP contribution in [0.4, 0.5) is 9.59 Å². The number of hydrogen-bond acceptors (Lipinski definition) is 5. The molecule has 0 aromatic heterocycles. The Bertz CT molecular complexity index is 513. The molecule has 0 saturated heterocycles. The third kappa shape index (κ3) is 8.64. The van der Waals surface area contributed by atoms with Crippen LogP contribution in [0.15, 0.2) is 0 Å². The molecule has 0 radical (unpaired) electrons. The molecule has 7 heteroatoms. The molecule has 0 heterocycles. The first kappa shape index (κ1) is 21.1. The van der Waals surface area contributed by atoms with Crippen molar-refractivity contribution in [3.63, 3.8) is 0 Å². The normalized spacial score (nSPS) is 23.5. The summed E-state index contributed by atoms with van der Waals surface area (Å²) < 4.78 is 16.1. The van der Waals surface area contributed by atoms with Crippen LogP contribution in [0, 0.1) is 12.3 Å². The van der Waals surface area contributed by atoms with E-state index < -0.39 is 23.4 Å². The maximum Gasteiger partial charge on any atom is 0.407 e. The van der Waals surface area contributed by atoms with Crippen molar-refractivity contribution in [1.82, 2.24) is 10.6 Å². The summed E-state index contributed by atoms with van der Waals surface area (Å²) in [5, 5.41) is 5.61. The molecule has 0 spiro atoms. The van der Waals surface area contributed by atoms with Gasteiger partial charge in [0.2, 0.25) is 0 Å². The van der Waals surface area contributed by atoms with Crippen LogP contribution in [0.5, 0.6) is 0 Å². The Hall–Kier alpha value is -1.94. The van der Waals surface area contributed by atoms with E-state index in [4.69, 9.17) is 20.6 Å². The fraction of sp³-hybridized carbons (Fsp3) is 0.778. The van der Waals surface area contributed by atoms with E-state index >= 15 is 0 Å². The molecule has 1 rings (SSSR count). The Morgan fingerprint density at radius 3 is 2.00 bits per heavy atom. The minimum Gasteiger partial charge on any atom is -0.444 e. The Morgan fingerprint density at radius 1 is 1.00 bits per heavy atom. The summed E-state index contributed by atoms with van der Waals surface area (Å²) in [5.41, 5.74) is -1.16. The molecule has 0 bridgehead atoms. The first-order valence-electron chi connectivity index (χ1n) is 8.44. The first-order valence-corrected chi connectivity index (χ1v) is 8.44. The molecule has 1 aliphatic rings. The number of terminal acetylenes is 1.